The van der Waals surface area contributed by atoms with Crippen molar-refractivity contribution in [3.8, 4) is 5.75 Å². The Hall–Kier alpha value is -1.36. The molecule has 2 aromatic rings. The summed E-state index contributed by atoms with van der Waals surface area (Å²) in [6.07, 6.45) is 1.17. The van der Waals surface area contributed by atoms with E-state index in [4.69, 9.17) is 0 Å². The van der Waals surface area contributed by atoms with Crippen molar-refractivity contribution in [1.29, 1.82) is 0 Å². The summed E-state index contributed by atoms with van der Waals surface area (Å²) in [5.41, 5.74) is 1.42. The van der Waals surface area contributed by atoms with Crippen LogP contribution in [0.15, 0.2) is 41.8 Å². The van der Waals surface area contributed by atoms with Crippen molar-refractivity contribution in [1.82, 2.24) is 9.80 Å². The second-order valence-corrected chi connectivity index (χ2v) is 9.07. The normalized spacial score (nSPS) is 31.0. The van der Waals surface area contributed by atoms with Gasteiger partial charge in [0.15, 0.2) is 0 Å². The highest BCUT2D eigenvalue weighted by Crippen LogP contribution is 2.43. The standard InChI is InChI=1S/C21H28N2OS/c1-16-13-23-9-8-22(15-20-7-4-10-25-20)14-18(23)12-21(16,2)17-5-3-6-19(24)11-17/h3-7,10-11,16,18,24H,8-9,12-15H2,1-2H3/t16?,18?,21-/m1/s1. The van der Waals surface area contributed by atoms with E-state index in [1.165, 1.54) is 30.0 Å². The zero-order valence-corrected chi connectivity index (χ0v) is 16.0. The first kappa shape index (κ1) is 17.1. The summed E-state index contributed by atoms with van der Waals surface area (Å²) in [4.78, 5) is 6.78. The first-order chi connectivity index (χ1) is 12.0. The van der Waals surface area contributed by atoms with E-state index in [1.54, 1.807) is 6.07 Å². The van der Waals surface area contributed by atoms with Gasteiger partial charge in [0.1, 0.15) is 5.75 Å². The molecular formula is C21H28N2OS. The number of piperidine rings is 1. The highest BCUT2D eigenvalue weighted by Gasteiger charge is 2.44. The molecule has 2 aliphatic heterocycles. The van der Waals surface area contributed by atoms with Gasteiger partial charge in [0.2, 0.25) is 0 Å². The van der Waals surface area contributed by atoms with Gasteiger partial charge in [-0.15, -0.1) is 11.3 Å². The molecule has 0 amide bonds. The van der Waals surface area contributed by atoms with E-state index in [0.29, 0.717) is 17.7 Å². The van der Waals surface area contributed by atoms with Gasteiger partial charge in [-0.25, -0.2) is 0 Å². The number of phenols is 1. The predicted molar refractivity (Wildman–Crippen MR) is 104 cm³/mol. The second-order valence-electron chi connectivity index (χ2n) is 8.04. The fourth-order valence-corrected chi connectivity index (χ4v) is 5.41. The number of fused-ring (bicyclic) bond motifs is 1. The van der Waals surface area contributed by atoms with Crippen molar-refractivity contribution in [2.75, 3.05) is 26.2 Å². The molecule has 0 spiro atoms. The largest absolute Gasteiger partial charge is 0.508 e. The Morgan fingerprint density at radius 1 is 1.20 bits per heavy atom. The third kappa shape index (κ3) is 3.35. The van der Waals surface area contributed by atoms with Gasteiger partial charge in [0.05, 0.1) is 0 Å². The second kappa shape index (κ2) is 6.75. The number of hydrogen-bond acceptors (Lipinski definition) is 4. The van der Waals surface area contributed by atoms with Crippen LogP contribution in [0.1, 0.15) is 30.7 Å². The van der Waals surface area contributed by atoms with Gasteiger partial charge in [0, 0.05) is 43.6 Å². The summed E-state index contributed by atoms with van der Waals surface area (Å²) in [7, 11) is 0. The number of rotatable bonds is 3. The summed E-state index contributed by atoms with van der Waals surface area (Å²) in [5, 5.41) is 12.1. The molecule has 1 aromatic carbocycles. The molecule has 3 heterocycles. The SMILES string of the molecule is CC1CN2CCN(Cc3cccs3)CC2C[C@@]1(C)c1cccc(O)c1. The molecule has 0 saturated carbocycles. The predicted octanol–water partition coefficient (Wildman–Crippen LogP) is 3.94. The van der Waals surface area contributed by atoms with Crippen LogP contribution < -0.4 is 0 Å². The van der Waals surface area contributed by atoms with Gasteiger partial charge in [0.25, 0.3) is 0 Å². The lowest BCUT2D eigenvalue weighted by Gasteiger charge is -2.53. The molecule has 25 heavy (non-hydrogen) atoms. The number of piperazine rings is 1. The van der Waals surface area contributed by atoms with Crippen LogP contribution in [0.2, 0.25) is 0 Å². The molecule has 1 N–H and O–H groups in total. The summed E-state index contributed by atoms with van der Waals surface area (Å²) in [6, 6.07) is 12.9. The molecular weight excluding hydrogens is 328 g/mol. The van der Waals surface area contributed by atoms with E-state index in [1.807, 2.05) is 23.5 Å². The van der Waals surface area contributed by atoms with Crippen LogP contribution in [-0.2, 0) is 12.0 Å². The van der Waals surface area contributed by atoms with Gasteiger partial charge < -0.3 is 5.11 Å². The average molecular weight is 357 g/mol. The van der Waals surface area contributed by atoms with Gasteiger partial charge >= 0.3 is 0 Å². The van der Waals surface area contributed by atoms with Crippen molar-refractivity contribution >= 4 is 11.3 Å². The van der Waals surface area contributed by atoms with Crippen molar-refractivity contribution < 1.29 is 5.11 Å². The number of nitrogens with zero attached hydrogens (tertiary/aromatic N) is 2. The molecule has 4 rings (SSSR count). The third-order valence-corrected chi connectivity index (χ3v) is 7.27. The number of thiophene rings is 1. The summed E-state index contributed by atoms with van der Waals surface area (Å²) < 4.78 is 0. The van der Waals surface area contributed by atoms with E-state index >= 15 is 0 Å². The van der Waals surface area contributed by atoms with Gasteiger partial charge in [-0.05, 0) is 46.9 Å². The smallest absolute Gasteiger partial charge is 0.115 e. The fraction of sp³-hybridized carbons (Fsp3) is 0.524. The van der Waals surface area contributed by atoms with Crippen LogP contribution in [0.25, 0.3) is 0 Å². The Morgan fingerprint density at radius 3 is 2.84 bits per heavy atom. The highest BCUT2D eigenvalue weighted by atomic mass is 32.1. The first-order valence-electron chi connectivity index (χ1n) is 9.33. The lowest BCUT2D eigenvalue weighted by molar-refractivity contribution is -0.00530. The highest BCUT2D eigenvalue weighted by molar-refractivity contribution is 7.09. The molecule has 1 aromatic heterocycles. The molecule has 4 heteroatoms. The Morgan fingerprint density at radius 2 is 2.08 bits per heavy atom. The van der Waals surface area contributed by atoms with Crippen molar-refractivity contribution in [3.05, 3.63) is 52.2 Å². The van der Waals surface area contributed by atoms with E-state index in [9.17, 15) is 5.11 Å². The van der Waals surface area contributed by atoms with Crippen molar-refractivity contribution in [2.24, 2.45) is 5.92 Å². The van der Waals surface area contributed by atoms with Gasteiger partial charge in [-0.1, -0.05) is 32.0 Å². The minimum atomic E-state index is 0.131. The molecule has 2 fully saturated rings. The minimum Gasteiger partial charge on any atom is -0.508 e. The Labute approximate surface area is 154 Å². The Balaban J connectivity index is 1.51. The lowest BCUT2D eigenvalue weighted by Crippen LogP contribution is -2.60. The topological polar surface area (TPSA) is 26.7 Å². The maximum atomic E-state index is 9.95. The van der Waals surface area contributed by atoms with Crippen LogP contribution >= 0.6 is 11.3 Å². The van der Waals surface area contributed by atoms with Crippen molar-refractivity contribution in [2.45, 2.75) is 38.3 Å². The Kier molecular flexibility index (Phi) is 4.61. The zero-order valence-electron chi connectivity index (χ0n) is 15.2. The quantitative estimate of drug-likeness (QED) is 0.902. The van der Waals surface area contributed by atoms with E-state index in [2.05, 4.69) is 47.2 Å². The summed E-state index contributed by atoms with van der Waals surface area (Å²) in [6.45, 7) is 10.5. The number of benzene rings is 1. The average Bonchev–Trinajstić information content (AvgIpc) is 3.09. The van der Waals surface area contributed by atoms with E-state index in [0.717, 1.165) is 19.6 Å². The van der Waals surface area contributed by atoms with E-state index in [-0.39, 0.29) is 5.41 Å². The van der Waals surface area contributed by atoms with Crippen LogP contribution in [-0.4, -0.2) is 47.1 Å². The Bertz CT molecular complexity index is 716. The number of aromatic hydroxyl groups is 1. The van der Waals surface area contributed by atoms with Crippen LogP contribution in [0.3, 0.4) is 0 Å². The van der Waals surface area contributed by atoms with E-state index < -0.39 is 0 Å². The molecule has 0 aliphatic carbocycles. The van der Waals surface area contributed by atoms with Crippen LogP contribution in [0.4, 0.5) is 0 Å². The zero-order chi connectivity index (χ0) is 17.4. The maximum Gasteiger partial charge on any atom is 0.115 e. The molecule has 2 saturated heterocycles. The molecule has 3 atom stereocenters. The monoisotopic (exact) mass is 356 g/mol. The fourth-order valence-electron chi connectivity index (χ4n) is 4.67. The van der Waals surface area contributed by atoms with Crippen LogP contribution in [0.5, 0.6) is 5.75 Å². The van der Waals surface area contributed by atoms with Crippen molar-refractivity contribution in [3.63, 3.8) is 0 Å². The maximum absolute atomic E-state index is 9.95. The number of hydrogen-bond donors (Lipinski definition) is 1. The molecule has 2 aliphatic rings. The van der Waals surface area contributed by atoms with Crippen LogP contribution in [0, 0.1) is 5.92 Å². The molecule has 0 bridgehead atoms. The van der Waals surface area contributed by atoms with Gasteiger partial charge in [-0.2, -0.15) is 0 Å². The summed E-state index contributed by atoms with van der Waals surface area (Å²) in [5.74, 6) is 0.978. The molecule has 0 radical (unpaired) electrons. The minimum absolute atomic E-state index is 0.131. The molecule has 3 nitrogen and oxygen atoms in total. The summed E-state index contributed by atoms with van der Waals surface area (Å²) >= 11 is 1.86. The van der Waals surface area contributed by atoms with Gasteiger partial charge in [-0.3, -0.25) is 9.80 Å². The third-order valence-electron chi connectivity index (χ3n) is 6.41. The number of phenolic OH excluding ortho intramolecular Hbond substituents is 1. The molecule has 134 valence electrons. The molecule has 2 unspecified atom stereocenters. The first-order valence-corrected chi connectivity index (χ1v) is 10.2. The lowest BCUT2D eigenvalue weighted by atomic mass is 9.65.